The number of rotatable bonds is 3. The number of hydrogen-bond acceptors (Lipinski definition) is 5. The summed E-state index contributed by atoms with van der Waals surface area (Å²) in [7, 11) is 0. The summed E-state index contributed by atoms with van der Waals surface area (Å²) in [5, 5.41) is 2.71. The van der Waals surface area contributed by atoms with Gasteiger partial charge in [0.05, 0.1) is 16.0 Å². The number of aromatic nitrogens is 3. The molecule has 0 radical (unpaired) electrons. The standard InChI is InChI=1S/C15H15N5OS/c16-6-5-13-17-11(9-22-13)14(21)20-8-7-19-12-4-2-1-3-10(12)18-15(19)20/h1-4,9H,5-8,16H2. The average molecular weight is 313 g/mol. The predicted molar refractivity (Wildman–Crippen MR) is 86.3 cm³/mol. The lowest BCUT2D eigenvalue weighted by Gasteiger charge is -2.11. The summed E-state index contributed by atoms with van der Waals surface area (Å²) in [4.78, 5) is 23.4. The highest BCUT2D eigenvalue weighted by atomic mass is 32.1. The van der Waals surface area contributed by atoms with Gasteiger partial charge in [0, 0.05) is 24.9 Å². The van der Waals surface area contributed by atoms with E-state index in [1.165, 1.54) is 11.3 Å². The summed E-state index contributed by atoms with van der Waals surface area (Å²) in [6.07, 6.45) is 0.705. The van der Waals surface area contributed by atoms with Gasteiger partial charge in [-0.2, -0.15) is 0 Å². The first-order chi connectivity index (χ1) is 10.8. The third-order valence-corrected chi connectivity index (χ3v) is 4.71. The fourth-order valence-electron chi connectivity index (χ4n) is 2.77. The Morgan fingerprint density at radius 2 is 2.14 bits per heavy atom. The number of anilines is 1. The van der Waals surface area contributed by atoms with Crippen LogP contribution in [-0.4, -0.2) is 33.5 Å². The molecule has 1 aliphatic rings. The fraction of sp³-hybridized carbons (Fsp3) is 0.267. The van der Waals surface area contributed by atoms with E-state index in [0.29, 0.717) is 31.2 Å². The first-order valence-corrected chi connectivity index (χ1v) is 8.07. The molecular formula is C15H15N5OS. The van der Waals surface area contributed by atoms with Crippen LogP contribution in [0.3, 0.4) is 0 Å². The molecule has 0 aliphatic carbocycles. The molecule has 0 saturated heterocycles. The molecule has 0 bridgehead atoms. The zero-order valence-electron chi connectivity index (χ0n) is 11.9. The molecule has 22 heavy (non-hydrogen) atoms. The van der Waals surface area contributed by atoms with Gasteiger partial charge in [-0.3, -0.25) is 9.69 Å². The number of fused-ring (bicyclic) bond motifs is 3. The second-order valence-electron chi connectivity index (χ2n) is 5.17. The largest absolute Gasteiger partial charge is 0.330 e. The highest BCUT2D eigenvalue weighted by Gasteiger charge is 2.30. The van der Waals surface area contributed by atoms with Crippen molar-refractivity contribution in [2.24, 2.45) is 5.73 Å². The Morgan fingerprint density at radius 3 is 3.00 bits per heavy atom. The number of thiazole rings is 1. The van der Waals surface area contributed by atoms with Crippen LogP contribution in [0.25, 0.3) is 11.0 Å². The summed E-state index contributed by atoms with van der Waals surface area (Å²) >= 11 is 1.48. The van der Waals surface area contributed by atoms with Crippen LogP contribution in [0.5, 0.6) is 0 Å². The van der Waals surface area contributed by atoms with Crippen LogP contribution in [0, 0.1) is 0 Å². The zero-order chi connectivity index (χ0) is 15.1. The van der Waals surface area contributed by atoms with Crippen molar-refractivity contribution < 1.29 is 4.79 Å². The minimum atomic E-state index is -0.0893. The number of benzene rings is 1. The lowest BCUT2D eigenvalue weighted by Crippen LogP contribution is -2.29. The number of imidazole rings is 1. The molecule has 0 saturated carbocycles. The van der Waals surface area contributed by atoms with Crippen molar-refractivity contribution in [3.05, 3.63) is 40.3 Å². The van der Waals surface area contributed by atoms with Crippen LogP contribution in [0.15, 0.2) is 29.6 Å². The third-order valence-electron chi connectivity index (χ3n) is 3.80. The predicted octanol–water partition coefficient (Wildman–Crippen LogP) is 1.65. The van der Waals surface area contributed by atoms with Gasteiger partial charge >= 0.3 is 0 Å². The first kappa shape index (κ1) is 13.4. The smallest absolute Gasteiger partial charge is 0.280 e. The monoisotopic (exact) mass is 313 g/mol. The molecule has 0 fully saturated rings. The normalized spacial score (nSPS) is 13.8. The van der Waals surface area contributed by atoms with Crippen molar-refractivity contribution in [2.45, 2.75) is 13.0 Å². The maximum Gasteiger partial charge on any atom is 0.280 e. The van der Waals surface area contributed by atoms with Gasteiger partial charge in [-0.25, -0.2) is 9.97 Å². The lowest BCUT2D eigenvalue weighted by atomic mass is 10.3. The number of nitrogens with two attached hydrogens (primary N) is 1. The summed E-state index contributed by atoms with van der Waals surface area (Å²) in [6.45, 7) is 1.94. The maximum atomic E-state index is 12.7. The molecule has 112 valence electrons. The molecule has 1 aromatic carbocycles. The second-order valence-corrected chi connectivity index (χ2v) is 6.12. The molecule has 0 atom stereocenters. The summed E-state index contributed by atoms with van der Waals surface area (Å²) < 4.78 is 2.08. The third kappa shape index (κ3) is 2.01. The van der Waals surface area contributed by atoms with Gasteiger partial charge in [0.15, 0.2) is 0 Å². The molecule has 3 heterocycles. The van der Waals surface area contributed by atoms with E-state index in [9.17, 15) is 4.79 Å². The van der Waals surface area contributed by atoms with Gasteiger partial charge in [0.2, 0.25) is 5.95 Å². The number of amides is 1. The summed E-state index contributed by atoms with van der Waals surface area (Å²) in [5.74, 6) is 0.619. The minimum Gasteiger partial charge on any atom is -0.330 e. The van der Waals surface area contributed by atoms with Crippen molar-refractivity contribution in [3.8, 4) is 0 Å². The summed E-state index contributed by atoms with van der Waals surface area (Å²) in [5.41, 5.74) is 7.99. The Balaban J connectivity index is 1.68. The van der Waals surface area contributed by atoms with Crippen LogP contribution >= 0.6 is 11.3 Å². The van der Waals surface area contributed by atoms with E-state index in [0.717, 1.165) is 22.6 Å². The van der Waals surface area contributed by atoms with E-state index >= 15 is 0 Å². The quantitative estimate of drug-likeness (QED) is 0.797. The van der Waals surface area contributed by atoms with Crippen LogP contribution < -0.4 is 10.6 Å². The van der Waals surface area contributed by atoms with Crippen molar-refractivity contribution in [2.75, 3.05) is 18.0 Å². The van der Waals surface area contributed by atoms with E-state index in [4.69, 9.17) is 5.73 Å². The van der Waals surface area contributed by atoms with Crippen LogP contribution in [-0.2, 0) is 13.0 Å². The van der Waals surface area contributed by atoms with E-state index in [1.54, 1.807) is 10.3 Å². The lowest BCUT2D eigenvalue weighted by molar-refractivity contribution is 0.0984. The van der Waals surface area contributed by atoms with Crippen LogP contribution in [0.4, 0.5) is 5.95 Å². The molecule has 6 nitrogen and oxygen atoms in total. The second kappa shape index (κ2) is 5.19. The molecule has 1 amide bonds. The Hall–Kier alpha value is -2.25. The topological polar surface area (TPSA) is 77.0 Å². The van der Waals surface area contributed by atoms with Crippen molar-refractivity contribution in [1.29, 1.82) is 0 Å². The molecule has 7 heteroatoms. The molecule has 3 aromatic rings. The maximum absolute atomic E-state index is 12.7. The Morgan fingerprint density at radius 1 is 1.27 bits per heavy atom. The van der Waals surface area contributed by atoms with Gasteiger partial charge in [-0.15, -0.1) is 11.3 Å². The van der Waals surface area contributed by atoms with Gasteiger partial charge in [-0.05, 0) is 18.7 Å². The van der Waals surface area contributed by atoms with Gasteiger partial charge in [-0.1, -0.05) is 12.1 Å². The van der Waals surface area contributed by atoms with Gasteiger partial charge < -0.3 is 10.3 Å². The van der Waals surface area contributed by atoms with E-state index in [2.05, 4.69) is 14.5 Å². The molecule has 2 N–H and O–H groups in total. The highest BCUT2D eigenvalue weighted by molar-refractivity contribution is 7.09. The van der Waals surface area contributed by atoms with Crippen molar-refractivity contribution in [1.82, 2.24) is 14.5 Å². The zero-order valence-corrected chi connectivity index (χ0v) is 12.7. The average Bonchev–Trinajstić information content (AvgIpc) is 3.21. The number of carbonyl (C=O) groups excluding carboxylic acids is 1. The number of para-hydroxylation sites is 2. The molecule has 1 aliphatic heterocycles. The van der Waals surface area contributed by atoms with E-state index in [-0.39, 0.29) is 5.91 Å². The SMILES string of the molecule is NCCc1nc(C(=O)N2CCn3c2nc2ccccc23)cs1. The number of carbonyl (C=O) groups is 1. The Labute approximate surface area is 131 Å². The first-order valence-electron chi connectivity index (χ1n) is 7.19. The molecular weight excluding hydrogens is 298 g/mol. The minimum absolute atomic E-state index is 0.0893. The Bertz CT molecular complexity index is 853. The summed E-state index contributed by atoms with van der Waals surface area (Å²) in [6, 6.07) is 7.94. The molecule has 0 spiro atoms. The van der Waals surface area contributed by atoms with Gasteiger partial charge in [0.25, 0.3) is 5.91 Å². The highest BCUT2D eigenvalue weighted by Crippen LogP contribution is 2.28. The van der Waals surface area contributed by atoms with Crippen molar-refractivity contribution >= 4 is 34.2 Å². The van der Waals surface area contributed by atoms with Gasteiger partial charge in [0.1, 0.15) is 5.69 Å². The molecule has 2 aromatic heterocycles. The number of hydrogen-bond donors (Lipinski definition) is 1. The fourth-order valence-corrected chi connectivity index (χ4v) is 3.56. The number of nitrogens with zero attached hydrogens (tertiary/aromatic N) is 4. The van der Waals surface area contributed by atoms with Crippen LogP contribution in [0.1, 0.15) is 15.5 Å². The van der Waals surface area contributed by atoms with Crippen LogP contribution in [0.2, 0.25) is 0 Å². The Kier molecular flexibility index (Phi) is 3.16. The molecule has 0 unspecified atom stereocenters. The van der Waals surface area contributed by atoms with Crippen molar-refractivity contribution in [3.63, 3.8) is 0 Å². The van der Waals surface area contributed by atoms with E-state index < -0.39 is 0 Å². The van der Waals surface area contributed by atoms with E-state index in [1.807, 2.05) is 24.3 Å². The molecule has 4 rings (SSSR count).